The van der Waals surface area contributed by atoms with Gasteiger partial charge in [0.25, 0.3) is 0 Å². The minimum Gasteiger partial charge on any atom is -0.508 e. The van der Waals surface area contributed by atoms with E-state index in [9.17, 15) is 9.90 Å². The Balaban J connectivity index is 2.28. The number of carbonyl (C=O) groups excluding carboxylic acids is 1. The van der Waals surface area contributed by atoms with Gasteiger partial charge in [0, 0.05) is 0 Å². The van der Waals surface area contributed by atoms with Crippen molar-refractivity contribution in [3.8, 4) is 5.75 Å². The zero-order valence-corrected chi connectivity index (χ0v) is 11.6. The number of aromatic hydroxyl groups is 1. The molecule has 0 aromatic heterocycles. The molecular weight excluding hydrogens is 256 g/mol. The van der Waals surface area contributed by atoms with Gasteiger partial charge in [0.2, 0.25) is 0 Å². The first-order valence-corrected chi connectivity index (χ1v) is 7.16. The van der Waals surface area contributed by atoms with Gasteiger partial charge in [-0.2, -0.15) is 0 Å². The molecule has 2 rings (SSSR count). The SMILES string of the molecule is CC(=O)CSC(c1ccccc1)c1ccc(O)cc1. The van der Waals surface area contributed by atoms with Crippen molar-refractivity contribution in [2.75, 3.05) is 5.75 Å². The van der Waals surface area contributed by atoms with E-state index in [0.717, 1.165) is 5.56 Å². The summed E-state index contributed by atoms with van der Waals surface area (Å²) in [4.78, 5) is 11.2. The predicted octanol–water partition coefficient (Wildman–Crippen LogP) is 3.80. The largest absolute Gasteiger partial charge is 0.508 e. The number of benzene rings is 2. The average Bonchev–Trinajstić information content (AvgIpc) is 2.42. The number of thioether (sulfide) groups is 1. The molecule has 1 N–H and O–H groups in total. The molecule has 2 aromatic rings. The van der Waals surface area contributed by atoms with E-state index in [1.54, 1.807) is 30.8 Å². The summed E-state index contributed by atoms with van der Waals surface area (Å²) < 4.78 is 0. The standard InChI is InChI=1S/C16H16O2S/c1-12(17)11-19-16(13-5-3-2-4-6-13)14-7-9-15(18)10-8-14/h2-10,16,18H,11H2,1H3. The van der Waals surface area contributed by atoms with Gasteiger partial charge >= 0.3 is 0 Å². The minimum absolute atomic E-state index is 0.116. The van der Waals surface area contributed by atoms with Gasteiger partial charge in [-0.05, 0) is 30.2 Å². The first kappa shape index (κ1) is 13.7. The molecular formula is C16H16O2S. The third kappa shape index (κ3) is 3.86. The van der Waals surface area contributed by atoms with Gasteiger partial charge in [-0.25, -0.2) is 0 Å². The van der Waals surface area contributed by atoms with Crippen LogP contribution in [0.1, 0.15) is 23.3 Å². The highest BCUT2D eigenvalue weighted by Crippen LogP contribution is 2.36. The van der Waals surface area contributed by atoms with E-state index in [1.807, 2.05) is 30.3 Å². The number of Topliss-reactive ketones (excluding diaryl/α,β-unsaturated/α-hetero) is 1. The molecule has 19 heavy (non-hydrogen) atoms. The van der Waals surface area contributed by atoms with Crippen LogP contribution in [-0.2, 0) is 4.79 Å². The Morgan fingerprint density at radius 1 is 1.05 bits per heavy atom. The van der Waals surface area contributed by atoms with Gasteiger partial charge in [0.15, 0.2) is 0 Å². The second kappa shape index (κ2) is 6.43. The van der Waals surface area contributed by atoms with Crippen molar-refractivity contribution < 1.29 is 9.90 Å². The number of hydrogen-bond acceptors (Lipinski definition) is 3. The van der Waals surface area contributed by atoms with Gasteiger partial charge in [-0.3, -0.25) is 4.79 Å². The number of hydrogen-bond donors (Lipinski definition) is 1. The maximum absolute atomic E-state index is 11.2. The maximum Gasteiger partial charge on any atom is 0.139 e. The molecule has 2 aromatic carbocycles. The lowest BCUT2D eigenvalue weighted by Gasteiger charge is -2.17. The number of phenolic OH excluding ortho intramolecular Hbond substituents is 1. The van der Waals surface area contributed by atoms with Crippen molar-refractivity contribution in [2.24, 2.45) is 0 Å². The van der Waals surface area contributed by atoms with Crippen molar-refractivity contribution in [1.82, 2.24) is 0 Å². The molecule has 0 heterocycles. The monoisotopic (exact) mass is 272 g/mol. The van der Waals surface area contributed by atoms with Crippen LogP contribution in [0.4, 0.5) is 0 Å². The molecule has 2 nitrogen and oxygen atoms in total. The smallest absolute Gasteiger partial charge is 0.139 e. The van der Waals surface area contributed by atoms with Crippen LogP contribution in [0.5, 0.6) is 5.75 Å². The van der Waals surface area contributed by atoms with Crippen molar-refractivity contribution in [2.45, 2.75) is 12.2 Å². The fourth-order valence-corrected chi connectivity index (χ4v) is 2.96. The molecule has 0 bridgehead atoms. The summed E-state index contributed by atoms with van der Waals surface area (Å²) in [5.41, 5.74) is 2.26. The summed E-state index contributed by atoms with van der Waals surface area (Å²) in [6.45, 7) is 1.60. The first-order chi connectivity index (χ1) is 9.16. The van der Waals surface area contributed by atoms with Crippen molar-refractivity contribution in [3.05, 3.63) is 65.7 Å². The zero-order chi connectivity index (χ0) is 13.7. The molecule has 1 unspecified atom stereocenters. The van der Waals surface area contributed by atoms with E-state index in [-0.39, 0.29) is 16.8 Å². The maximum atomic E-state index is 11.2. The summed E-state index contributed by atoms with van der Waals surface area (Å²) in [6, 6.07) is 17.3. The molecule has 0 saturated heterocycles. The van der Waals surface area contributed by atoms with Crippen LogP contribution in [0, 0.1) is 0 Å². The second-order valence-electron chi connectivity index (χ2n) is 4.40. The first-order valence-electron chi connectivity index (χ1n) is 6.12. The topological polar surface area (TPSA) is 37.3 Å². The van der Waals surface area contributed by atoms with Crippen molar-refractivity contribution >= 4 is 17.5 Å². The average molecular weight is 272 g/mol. The van der Waals surface area contributed by atoms with E-state index in [1.165, 1.54) is 5.56 Å². The molecule has 0 aliphatic heterocycles. The third-order valence-corrected chi connectivity index (χ3v) is 4.20. The molecule has 0 aliphatic rings. The zero-order valence-electron chi connectivity index (χ0n) is 10.7. The molecule has 0 amide bonds. The van der Waals surface area contributed by atoms with Crippen LogP contribution in [0.25, 0.3) is 0 Å². The normalized spacial score (nSPS) is 12.1. The number of phenols is 1. The molecule has 3 heteroatoms. The van der Waals surface area contributed by atoms with E-state index in [0.29, 0.717) is 5.75 Å². The van der Waals surface area contributed by atoms with Crippen LogP contribution >= 0.6 is 11.8 Å². The van der Waals surface area contributed by atoms with E-state index >= 15 is 0 Å². The van der Waals surface area contributed by atoms with E-state index in [4.69, 9.17) is 0 Å². The Morgan fingerprint density at radius 3 is 2.21 bits per heavy atom. The molecule has 98 valence electrons. The Bertz CT molecular complexity index is 534. The fourth-order valence-electron chi connectivity index (χ4n) is 1.86. The van der Waals surface area contributed by atoms with Crippen LogP contribution < -0.4 is 0 Å². The summed E-state index contributed by atoms with van der Waals surface area (Å²) >= 11 is 1.61. The molecule has 0 saturated carbocycles. The van der Waals surface area contributed by atoms with Crippen LogP contribution in [0.15, 0.2) is 54.6 Å². The Morgan fingerprint density at radius 2 is 1.63 bits per heavy atom. The minimum atomic E-state index is 0.116. The second-order valence-corrected chi connectivity index (χ2v) is 5.49. The summed E-state index contributed by atoms with van der Waals surface area (Å²) in [7, 11) is 0. The van der Waals surface area contributed by atoms with Crippen LogP contribution in [0.2, 0.25) is 0 Å². The molecule has 0 radical (unpaired) electrons. The van der Waals surface area contributed by atoms with Gasteiger partial charge in [-0.15, -0.1) is 11.8 Å². The summed E-state index contributed by atoms with van der Waals surface area (Å²) in [5, 5.41) is 9.48. The van der Waals surface area contributed by atoms with Gasteiger partial charge < -0.3 is 5.11 Å². The highest BCUT2D eigenvalue weighted by molar-refractivity contribution is 8.00. The quantitative estimate of drug-likeness (QED) is 0.899. The van der Waals surface area contributed by atoms with E-state index < -0.39 is 0 Å². The Hall–Kier alpha value is -1.74. The Kier molecular flexibility index (Phi) is 4.63. The lowest BCUT2D eigenvalue weighted by molar-refractivity contribution is -0.114. The molecule has 0 aliphatic carbocycles. The molecule has 1 atom stereocenters. The van der Waals surface area contributed by atoms with Gasteiger partial charge in [-0.1, -0.05) is 42.5 Å². The van der Waals surface area contributed by atoms with Crippen molar-refractivity contribution in [3.63, 3.8) is 0 Å². The Labute approximate surface area is 117 Å². The molecule has 0 fully saturated rings. The van der Waals surface area contributed by atoms with Crippen LogP contribution in [-0.4, -0.2) is 16.6 Å². The highest BCUT2D eigenvalue weighted by atomic mass is 32.2. The lowest BCUT2D eigenvalue weighted by Crippen LogP contribution is -2.02. The number of carbonyl (C=O) groups is 1. The van der Waals surface area contributed by atoms with Gasteiger partial charge in [0.05, 0.1) is 11.0 Å². The van der Waals surface area contributed by atoms with Gasteiger partial charge in [0.1, 0.15) is 11.5 Å². The lowest BCUT2D eigenvalue weighted by atomic mass is 10.0. The molecule has 0 spiro atoms. The van der Waals surface area contributed by atoms with Crippen LogP contribution in [0.3, 0.4) is 0 Å². The highest BCUT2D eigenvalue weighted by Gasteiger charge is 2.15. The number of ketones is 1. The fraction of sp³-hybridized carbons (Fsp3) is 0.188. The summed E-state index contributed by atoms with van der Waals surface area (Å²) in [5.74, 6) is 0.914. The number of rotatable bonds is 5. The predicted molar refractivity (Wildman–Crippen MR) is 79.5 cm³/mol. The van der Waals surface area contributed by atoms with Crippen molar-refractivity contribution in [1.29, 1.82) is 0 Å². The third-order valence-electron chi connectivity index (χ3n) is 2.75. The summed E-state index contributed by atoms with van der Waals surface area (Å²) in [6.07, 6.45) is 0. The van der Waals surface area contributed by atoms with E-state index in [2.05, 4.69) is 12.1 Å².